The SMILES string of the molecule is CC(C)COC1C=C(C(=O)O)[C@H](CCc2ccoc2)[C@@]2(C)CCCC(C)(C)[C@H]12. The number of ether oxygens (including phenoxy) is 1. The molecule has 28 heavy (non-hydrogen) atoms. The molecular formula is C24H36O4. The highest BCUT2D eigenvalue weighted by atomic mass is 16.5. The number of hydrogen-bond acceptors (Lipinski definition) is 3. The number of carbonyl (C=O) groups is 1. The van der Waals surface area contributed by atoms with Crippen molar-refractivity contribution in [2.45, 2.75) is 72.8 Å². The summed E-state index contributed by atoms with van der Waals surface area (Å²) in [5.41, 5.74) is 1.74. The van der Waals surface area contributed by atoms with Crippen LogP contribution in [0.5, 0.6) is 0 Å². The zero-order chi connectivity index (χ0) is 20.5. The van der Waals surface area contributed by atoms with E-state index in [-0.39, 0.29) is 22.9 Å². The normalized spacial score (nSPS) is 32.1. The van der Waals surface area contributed by atoms with Gasteiger partial charge in [0.15, 0.2) is 0 Å². The van der Waals surface area contributed by atoms with Crippen LogP contribution in [0.2, 0.25) is 0 Å². The summed E-state index contributed by atoms with van der Waals surface area (Å²) in [7, 11) is 0. The Bertz CT molecular complexity index is 700. The summed E-state index contributed by atoms with van der Waals surface area (Å²) in [6.07, 6.45) is 10.3. The predicted molar refractivity (Wildman–Crippen MR) is 110 cm³/mol. The molecule has 0 spiro atoms. The van der Waals surface area contributed by atoms with Crippen LogP contribution in [-0.2, 0) is 16.0 Å². The summed E-state index contributed by atoms with van der Waals surface area (Å²) in [5, 5.41) is 10.1. The number of carboxylic acids is 1. The minimum Gasteiger partial charge on any atom is -0.478 e. The van der Waals surface area contributed by atoms with Crippen molar-refractivity contribution >= 4 is 5.97 Å². The summed E-state index contributed by atoms with van der Waals surface area (Å²) in [5.74, 6) is -0.00910. The van der Waals surface area contributed by atoms with E-state index in [2.05, 4.69) is 34.6 Å². The van der Waals surface area contributed by atoms with Gasteiger partial charge in [-0.3, -0.25) is 0 Å². The summed E-state index contributed by atoms with van der Waals surface area (Å²) < 4.78 is 11.6. The van der Waals surface area contributed by atoms with Crippen LogP contribution < -0.4 is 0 Å². The van der Waals surface area contributed by atoms with Crippen LogP contribution in [0.4, 0.5) is 0 Å². The van der Waals surface area contributed by atoms with E-state index in [0.717, 1.165) is 31.2 Å². The van der Waals surface area contributed by atoms with Gasteiger partial charge in [-0.05, 0) is 72.0 Å². The van der Waals surface area contributed by atoms with Crippen molar-refractivity contribution in [3.63, 3.8) is 0 Å². The van der Waals surface area contributed by atoms with Crippen molar-refractivity contribution in [1.82, 2.24) is 0 Å². The topological polar surface area (TPSA) is 59.7 Å². The van der Waals surface area contributed by atoms with E-state index in [0.29, 0.717) is 24.0 Å². The van der Waals surface area contributed by atoms with Gasteiger partial charge in [0.2, 0.25) is 0 Å². The number of carboxylic acid groups (broad SMARTS) is 1. The van der Waals surface area contributed by atoms with E-state index in [1.807, 2.05) is 12.1 Å². The van der Waals surface area contributed by atoms with Crippen molar-refractivity contribution in [2.75, 3.05) is 6.61 Å². The molecule has 1 saturated carbocycles. The van der Waals surface area contributed by atoms with Crippen molar-refractivity contribution in [2.24, 2.45) is 28.6 Å². The molecule has 0 saturated heterocycles. The molecular weight excluding hydrogens is 352 g/mol. The molecule has 1 aromatic heterocycles. The summed E-state index contributed by atoms with van der Waals surface area (Å²) in [6.45, 7) is 11.9. The zero-order valence-electron chi connectivity index (χ0n) is 18.0. The van der Waals surface area contributed by atoms with Crippen LogP contribution in [0.25, 0.3) is 0 Å². The molecule has 1 N–H and O–H groups in total. The third-order valence-corrected chi connectivity index (χ3v) is 7.10. The van der Waals surface area contributed by atoms with Crippen LogP contribution in [0, 0.1) is 28.6 Å². The number of aliphatic carboxylic acids is 1. The van der Waals surface area contributed by atoms with Gasteiger partial charge in [0, 0.05) is 12.2 Å². The maximum Gasteiger partial charge on any atom is 0.331 e. The Kier molecular flexibility index (Phi) is 6.09. The molecule has 1 aromatic rings. The molecule has 2 aliphatic rings. The van der Waals surface area contributed by atoms with Crippen LogP contribution >= 0.6 is 0 Å². The molecule has 0 radical (unpaired) electrons. The minimum atomic E-state index is -0.793. The van der Waals surface area contributed by atoms with Gasteiger partial charge in [0.25, 0.3) is 0 Å². The maximum absolute atomic E-state index is 12.2. The quantitative estimate of drug-likeness (QED) is 0.648. The molecule has 1 unspecified atom stereocenters. The van der Waals surface area contributed by atoms with Crippen molar-refractivity contribution in [1.29, 1.82) is 0 Å². The fourth-order valence-electron chi connectivity index (χ4n) is 5.98. The van der Waals surface area contributed by atoms with Crippen LogP contribution in [0.15, 0.2) is 34.7 Å². The van der Waals surface area contributed by atoms with Crippen LogP contribution in [-0.4, -0.2) is 23.8 Å². The Hall–Kier alpha value is -1.55. The predicted octanol–water partition coefficient (Wildman–Crippen LogP) is 5.73. The molecule has 4 heteroatoms. The number of hydrogen-bond donors (Lipinski definition) is 1. The van der Waals surface area contributed by atoms with Gasteiger partial charge in [-0.2, -0.15) is 0 Å². The molecule has 0 aromatic carbocycles. The van der Waals surface area contributed by atoms with E-state index in [4.69, 9.17) is 9.15 Å². The molecule has 4 atom stereocenters. The smallest absolute Gasteiger partial charge is 0.331 e. The summed E-state index contributed by atoms with van der Waals surface area (Å²) in [4.78, 5) is 12.2. The second-order valence-corrected chi connectivity index (χ2v) is 10.2. The highest BCUT2D eigenvalue weighted by Crippen LogP contribution is 2.61. The fraction of sp³-hybridized carbons (Fsp3) is 0.708. The fourth-order valence-corrected chi connectivity index (χ4v) is 5.98. The largest absolute Gasteiger partial charge is 0.478 e. The van der Waals surface area contributed by atoms with Crippen LogP contribution in [0.3, 0.4) is 0 Å². The number of fused-ring (bicyclic) bond motifs is 1. The Balaban J connectivity index is 1.99. The van der Waals surface area contributed by atoms with E-state index in [9.17, 15) is 9.90 Å². The van der Waals surface area contributed by atoms with E-state index >= 15 is 0 Å². The van der Waals surface area contributed by atoms with Crippen LogP contribution in [0.1, 0.15) is 65.9 Å². The Morgan fingerprint density at radius 1 is 1.32 bits per heavy atom. The molecule has 1 fully saturated rings. The Labute approximate surface area is 169 Å². The van der Waals surface area contributed by atoms with Gasteiger partial charge in [0.05, 0.1) is 18.6 Å². The standard InChI is InChI=1S/C24H36O4/c1-16(2)14-28-20-13-18(22(25)26)19(8-7-17-9-12-27-15-17)24(5)11-6-10-23(3,4)21(20)24/h9,12-13,15-16,19-21H,6-8,10-11,14H2,1-5H3,(H,25,26)/t19-,20?,21-,24+/m0/s1. The highest BCUT2D eigenvalue weighted by molar-refractivity contribution is 5.87. The molecule has 0 amide bonds. The first-order chi connectivity index (χ1) is 13.1. The summed E-state index contributed by atoms with van der Waals surface area (Å²) in [6, 6.07) is 1.98. The lowest BCUT2D eigenvalue weighted by Crippen LogP contribution is -2.55. The van der Waals surface area contributed by atoms with E-state index in [1.54, 1.807) is 12.5 Å². The average molecular weight is 389 g/mol. The first-order valence-electron chi connectivity index (χ1n) is 10.7. The average Bonchev–Trinajstić information content (AvgIpc) is 3.10. The number of furan rings is 1. The van der Waals surface area contributed by atoms with Gasteiger partial charge in [-0.1, -0.05) is 41.0 Å². The molecule has 2 aliphatic carbocycles. The molecule has 4 nitrogen and oxygen atoms in total. The first-order valence-corrected chi connectivity index (χ1v) is 10.7. The second-order valence-electron chi connectivity index (χ2n) is 10.2. The maximum atomic E-state index is 12.2. The minimum absolute atomic E-state index is 0.0309. The lowest BCUT2D eigenvalue weighted by atomic mass is 9.47. The molecule has 156 valence electrons. The lowest BCUT2D eigenvalue weighted by molar-refractivity contribution is -0.143. The van der Waals surface area contributed by atoms with E-state index in [1.165, 1.54) is 6.42 Å². The van der Waals surface area contributed by atoms with Gasteiger partial charge in [0.1, 0.15) is 0 Å². The highest BCUT2D eigenvalue weighted by Gasteiger charge is 2.57. The van der Waals surface area contributed by atoms with Crippen molar-refractivity contribution < 1.29 is 19.1 Å². The molecule has 1 heterocycles. The third-order valence-electron chi connectivity index (χ3n) is 7.10. The van der Waals surface area contributed by atoms with Gasteiger partial charge >= 0.3 is 5.97 Å². The summed E-state index contributed by atoms with van der Waals surface area (Å²) >= 11 is 0. The van der Waals surface area contributed by atoms with Gasteiger partial charge in [-0.25, -0.2) is 4.79 Å². The first kappa shape index (κ1) is 21.2. The molecule has 0 aliphatic heterocycles. The molecule has 3 rings (SSSR count). The monoisotopic (exact) mass is 388 g/mol. The zero-order valence-corrected chi connectivity index (χ0v) is 18.0. The Morgan fingerprint density at radius 3 is 2.68 bits per heavy atom. The second kappa shape index (κ2) is 8.06. The van der Waals surface area contributed by atoms with Crippen molar-refractivity contribution in [3.05, 3.63) is 35.8 Å². The van der Waals surface area contributed by atoms with Gasteiger partial charge < -0.3 is 14.3 Å². The third kappa shape index (κ3) is 4.07. The lowest BCUT2D eigenvalue weighted by Gasteiger charge is -2.59. The van der Waals surface area contributed by atoms with E-state index < -0.39 is 5.97 Å². The van der Waals surface area contributed by atoms with Crippen molar-refractivity contribution in [3.8, 4) is 0 Å². The Morgan fingerprint density at radius 2 is 2.07 bits per heavy atom. The number of rotatable bonds is 7. The number of aryl methyl sites for hydroxylation is 1. The molecule has 0 bridgehead atoms. The van der Waals surface area contributed by atoms with Gasteiger partial charge in [-0.15, -0.1) is 0 Å².